The zero-order chi connectivity index (χ0) is 6.83. The molecule has 8 heavy (non-hydrogen) atoms. The molecule has 0 aliphatic heterocycles. The SMILES string of the molecule is CC.CC=NC=NC. The predicted octanol–water partition coefficient (Wildman–Crippen LogP) is 1.76. The minimum Gasteiger partial charge on any atom is -0.277 e. The van der Waals surface area contributed by atoms with Gasteiger partial charge in [0.15, 0.2) is 0 Å². The first-order chi connectivity index (χ1) is 3.91. The van der Waals surface area contributed by atoms with Gasteiger partial charge in [0.2, 0.25) is 0 Å². The van der Waals surface area contributed by atoms with Crippen molar-refractivity contribution in [3.8, 4) is 0 Å². The fourth-order valence-corrected chi connectivity index (χ4v) is 0.133. The fourth-order valence-electron chi connectivity index (χ4n) is 0.133. The Morgan fingerprint density at radius 2 is 1.75 bits per heavy atom. The Bertz CT molecular complexity index is 54.9. The summed E-state index contributed by atoms with van der Waals surface area (Å²) in [5.74, 6) is 0. The van der Waals surface area contributed by atoms with E-state index in [-0.39, 0.29) is 0 Å². The summed E-state index contributed by atoms with van der Waals surface area (Å²) in [5, 5.41) is 0. The number of nitrogens with zero attached hydrogens (tertiary/aromatic N) is 2. The van der Waals surface area contributed by atoms with Crippen molar-refractivity contribution in [2.75, 3.05) is 7.05 Å². The number of hydrogen-bond donors (Lipinski definition) is 0. The van der Waals surface area contributed by atoms with Gasteiger partial charge in [0, 0.05) is 13.3 Å². The molecule has 0 saturated heterocycles. The maximum absolute atomic E-state index is 3.67. The molecule has 2 nitrogen and oxygen atoms in total. The molecule has 0 aliphatic rings. The van der Waals surface area contributed by atoms with Gasteiger partial charge in [-0.15, -0.1) is 0 Å². The molecule has 0 saturated carbocycles. The van der Waals surface area contributed by atoms with Gasteiger partial charge in [-0.3, -0.25) is 9.98 Å². The predicted molar refractivity (Wildman–Crippen MR) is 39.9 cm³/mol. The average Bonchev–Trinajstić information content (AvgIpc) is 1.88. The van der Waals surface area contributed by atoms with Gasteiger partial charge in [-0.05, 0) is 6.92 Å². The van der Waals surface area contributed by atoms with Gasteiger partial charge < -0.3 is 0 Å². The molecule has 48 valence electrons. The van der Waals surface area contributed by atoms with Crippen LogP contribution in [0.1, 0.15) is 20.8 Å². The van der Waals surface area contributed by atoms with E-state index >= 15 is 0 Å². The molecule has 0 aromatic carbocycles. The molecule has 2 heteroatoms. The second-order valence-electron chi connectivity index (χ2n) is 0.781. The molecule has 0 heterocycles. The second-order valence-corrected chi connectivity index (χ2v) is 0.781. The highest BCUT2D eigenvalue weighted by Gasteiger charge is 1.48. The standard InChI is InChI=1S/C4H8N2.C2H6/c1-3-6-4-5-2;1-2/h3-4H,1-2H3;1-2H3. The van der Waals surface area contributed by atoms with Crippen LogP contribution in [0.2, 0.25) is 0 Å². The maximum Gasteiger partial charge on any atom is 0.109 e. The Morgan fingerprint density at radius 3 is 1.88 bits per heavy atom. The van der Waals surface area contributed by atoms with Crippen molar-refractivity contribution in [2.45, 2.75) is 20.8 Å². The molecule has 0 aliphatic carbocycles. The molecule has 0 radical (unpaired) electrons. The largest absolute Gasteiger partial charge is 0.277 e. The quantitative estimate of drug-likeness (QED) is 0.366. The Morgan fingerprint density at radius 1 is 1.25 bits per heavy atom. The molecule has 0 unspecified atom stereocenters. The first kappa shape index (κ1) is 10.3. The van der Waals surface area contributed by atoms with Crippen LogP contribution in [0, 0.1) is 0 Å². The van der Waals surface area contributed by atoms with Gasteiger partial charge in [0.25, 0.3) is 0 Å². The average molecular weight is 114 g/mol. The van der Waals surface area contributed by atoms with E-state index in [0.717, 1.165) is 0 Å². The smallest absolute Gasteiger partial charge is 0.109 e. The lowest BCUT2D eigenvalue weighted by molar-refractivity contribution is 1.45. The van der Waals surface area contributed by atoms with Crippen molar-refractivity contribution in [2.24, 2.45) is 9.98 Å². The van der Waals surface area contributed by atoms with Crippen LogP contribution >= 0.6 is 0 Å². The second kappa shape index (κ2) is 16.2. The third-order valence-corrected chi connectivity index (χ3v) is 0.331. The van der Waals surface area contributed by atoms with Crippen LogP contribution in [-0.4, -0.2) is 19.6 Å². The summed E-state index contributed by atoms with van der Waals surface area (Å²) < 4.78 is 0. The zero-order valence-corrected chi connectivity index (χ0v) is 6.05. The molecule has 0 spiro atoms. The fraction of sp³-hybridized carbons (Fsp3) is 0.667. The summed E-state index contributed by atoms with van der Waals surface area (Å²) in [5.41, 5.74) is 0. The van der Waals surface area contributed by atoms with E-state index in [1.54, 1.807) is 13.3 Å². The summed E-state index contributed by atoms with van der Waals surface area (Å²) in [7, 11) is 1.69. The number of aliphatic imine (C=N–C) groups is 2. The van der Waals surface area contributed by atoms with Gasteiger partial charge >= 0.3 is 0 Å². The topological polar surface area (TPSA) is 24.7 Å². The lowest BCUT2D eigenvalue weighted by Gasteiger charge is -1.64. The monoisotopic (exact) mass is 114 g/mol. The lowest BCUT2D eigenvalue weighted by Crippen LogP contribution is -1.61. The first-order valence-corrected chi connectivity index (χ1v) is 2.80. The Labute approximate surface area is 51.4 Å². The first-order valence-electron chi connectivity index (χ1n) is 2.80. The molecular weight excluding hydrogens is 100 g/mol. The molecule has 0 bridgehead atoms. The van der Waals surface area contributed by atoms with Crippen LogP contribution in [0.3, 0.4) is 0 Å². The molecule has 0 aromatic heterocycles. The highest BCUT2D eigenvalue weighted by atomic mass is 14.8. The molecule has 0 aromatic rings. The van der Waals surface area contributed by atoms with E-state index < -0.39 is 0 Å². The minimum atomic E-state index is 1.50. The van der Waals surface area contributed by atoms with Crippen LogP contribution < -0.4 is 0 Å². The van der Waals surface area contributed by atoms with Crippen molar-refractivity contribution in [1.29, 1.82) is 0 Å². The van der Waals surface area contributed by atoms with Crippen LogP contribution in [0.25, 0.3) is 0 Å². The zero-order valence-electron chi connectivity index (χ0n) is 6.05. The Balaban J connectivity index is 0. The summed E-state index contributed by atoms with van der Waals surface area (Å²) in [6.07, 6.45) is 3.19. The highest BCUT2D eigenvalue weighted by molar-refractivity contribution is 5.70. The van der Waals surface area contributed by atoms with E-state index in [1.807, 2.05) is 20.8 Å². The highest BCUT2D eigenvalue weighted by Crippen LogP contribution is 1.53. The van der Waals surface area contributed by atoms with Crippen LogP contribution in [0.5, 0.6) is 0 Å². The van der Waals surface area contributed by atoms with Gasteiger partial charge in [-0.2, -0.15) is 0 Å². The van der Waals surface area contributed by atoms with Crippen molar-refractivity contribution >= 4 is 12.6 Å². The van der Waals surface area contributed by atoms with Gasteiger partial charge in [-0.25, -0.2) is 0 Å². The van der Waals surface area contributed by atoms with Gasteiger partial charge in [0.1, 0.15) is 6.34 Å². The van der Waals surface area contributed by atoms with E-state index in [2.05, 4.69) is 9.98 Å². The van der Waals surface area contributed by atoms with E-state index in [9.17, 15) is 0 Å². The summed E-state index contributed by atoms with van der Waals surface area (Å²) >= 11 is 0. The number of rotatable bonds is 1. The molecule has 0 rings (SSSR count). The van der Waals surface area contributed by atoms with E-state index in [0.29, 0.717) is 0 Å². The third-order valence-electron chi connectivity index (χ3n) is 0.331. The van der Waals surface area contributed by atoms with Gasteiger partial charge in [-0.1, -0.05) is 13.8 Å². The summed E-state index contributed by atoms with van der Waals surface area (Å²) in [6, 6.07) is 0. The molecular formula is C6H14N2. The maximum atomic E-state index is 3.67. The lowest BCUT2D eigenvalue weighted by atomic mass is 10.9. The van der Waals surface area contributed by atoms with Crippen LogP contribution in [0.4, 0.5) is 0 Å². The van der Waals surface area contributed by atoms with Crippen molar-refractivity contribution in [3.05, 3.63) is 0 Å². The third kappa shape index (κ3) is 18.4. The van der Waals surface area contributed by atoms with Crippen molar-refractivity contribution in [3.63, 3.8) is 0 Å². The van der Waals surface area contributed by atoms with Crippen LogP contribution in [-0.2, 0) is 0 Å². The van der Waals surface area contributed by atoms with Crippen molar-refractivity contribution < 1.29 is 0 Å². The Kier molecular flexibility index (Phi) is 21.0. The molecule has 0 fully saturated rings. The summed E-state index contributed by atoms with van der Waals surface area (Å²) in [4.78, 5) is 7.28. The number of hydrogen-bond acceptors (Lipinski definition) is 1. The summed E-state index contributed by atoms with van der Waals surface area (Å²) in [6.45, 7) is 5.85. The molecule has 0 amide bonds. The minimum absolute atomic E-state index is 1.50. The molecule has 0 N–H and O–H groups in total. The van der Waals surface area contributed by atoms with Crippen LogP contribution in [0.15, 0.2) is 9.98 Å². The van der Waals surface area contributed by atoms with Crippen molar-refractivity contribution in [1.82, 2.24) is 0 Å². The normalized spacial score (nSPS) is 9.50. The van der Waals surface area contributed by atoms with E-state index in [1.165, 1.54) is 6.34 Å². The Hall–Kier alpha value is -0.660. The van der Waals surface area contributed by atoms with Gasteiger partial charge in [0.05, 0.1) is 0 Å². The molecule has 0 atom stereocenters. The van der Waals surface area contributed by atoms with E-state index in [4.69, 9.17) is 0 Å².